The summed E-state index contributed by atoms with van der Waals surface area (Å²) in [6.45, 7) is 4.01. The molecular formula is C8H14O8. The highest BCUT2D eigenvalue weighted by Crippen LogP contribution is 1.93. The van der Waals surface area contributed by atoms with Crippen molar-refractivity contribution in [3.8, 4) is 0 Å². The van der Waals surface area contributed by atoms with Crippen LogP contribution in [0.3, 0.4) is 0 Å². The molecule has 94 valence electrons. The number of rotatable bonds is 7. The second-order valence-corrected chi connectivity index (χ2v) is 2.49. The molecule has 0 atom stereocenters. The zero-order chi connectivity index (χ0) is 12.2. The normalized spacial score (nSPS) is 9.38. The second-order valence-electron chi connectivity index (χ2n) is 2.49. The fraction of sp³-hybridized carbons (Fsp3) is 0.750. The van der Waals surface area contributed by atoms with Crippen LogP contribution in [-0.2, 0) is 29.3 Å². The number of carbonyl (C=O) groups is 2. The molecule has 0 aromatic carbocycles. The van der Waals surface area contributed by atoms with E-state index in [2.05, 4.69) is 29.3 Å². The molecule has 0 aliphatic rings. The Morgan fingerprint density at radius 3 is 2.12 bits per heavy atom. The molecule has 0 aromatic rings. The van der Waals surface area contributed by atoms with Crippen molar-refractivity contribution < 1.29 is 38.9 Å². The summed E-state index contributed by atoms with van der Waals surface area (Å²) in [7, 11) is 0. The molecule has 16 heavy (non-hydrogen) atoms. The van der Waals surface area contributed by atoms with Gasteiger partial charge in [0, 0.05) is 0 Å². The Morgan fingerprint density at radius 2 is 1.50 bits per heavy atom. The third-order valence-corrected chi connectivity index (χ3v) is 1.04. The monoisotopic (exact) mass is 238 g/mol. The summed E-state index contributed by atoms with van der Waals surface area (Å²) in [6, 6.07) is 0. The van der Waals surface area contributed by atoms with Crippen LogP contribution < -0.4 is 0 Å². The first-order chi connectivity index (χ1) is 7.70. The molecule has 0 fully saturated rings. The third-order valence-electron chi connectivity index (χ3n) is 1.04. The highest BCUT2D eigenvalue weighted by molar-refractivity contribution is 5.59. The van der Waals surface area contributed by atoms with Gasteiger partial charge in [-0.1, -0.05) is 13.8 Å². The van der Waals surface area contributed by atoms with E-state index < -0.39 is 12.3 Å². The maximum Gasteiger partial charge on any atom is 0.575 e. The molecule has 0 radical (unpaired) electrons. The van der Waals surface area contributed by atoms with Crippen LogP contribution in [0, 0.1) is 0 Å². The molecule has 8 nitrogen and oxygen atoms in total. The molecule has 0 saturated heterocycles. The van der Waals surface area contributed by atoms with Crippen LogP contribution in [0.15, 0.2) is 0 Å². The average Bonchev–Trinajstić information content (AvgIpc) is 2.26. The lowest BCUT2D eigenvalue weighted by molar-refractivity contribution is -0.468. The molecular weight excluding hydrogens is 224 g/mol. The molecule has 0 bridgehead atoms. The average molecular weight is 238 g/mol. The van der Waals surface area contributed by atoms with Gasteiger partial charge in [-0.25, -0.2) is 14.6 Å². The van der Waals surface area contributed by atoms with Gasteiger partial charge in [-0.3, -0.25) is 4.89 Å². The van der Waals surface area contributed by atoms with Gasteiger partial charge in [0.05, 0.1) is 18.3 Å². The SMILES string of the molecule is CCCOOC(=O)OOOC(=O)OCCC. The second kappa shape index (κ2) is 9.99. The quantitative estimate of drug-likeness (QED) is 0.287. The Balaban J connectivity index is 3.36. The fourth-order valence-corrected chi connectivity index (χ4v) is 0.469. The summed E-state index contributed by atoms with van der Waals surface area (Å²) in [5, 5.41) is 3.76. The van der Waals surface area contributed by atoms with Crippen LogP contribution in [-0.4, -0.2) is 25.5 Å². The molecule has 0 N–H and O–H groups in total. The van der Waals surface area contributed by atoms with Crippen LogP contribution in [0.4, 0.5) is 9.59 Å². The van der Waals surface area contributed by atoms with Gasteiger partial charge in [0.15, 0.2) is 0 Å². The highest BCUT2D eigenvalue weighted by atomic mass is 17.5. The van der Waals surface area contributed by atoms with Gasteiger partial charge in [0.25, 0.3) is 0 Å². The summed E-state index contributed by atoms with van der Waals surface area (Å²) in [4.78, 5) is 37.3. The third kappa shape index (κ3) is 9.03. The van der Waals surface area contributed by atoms with Gasteiger partial charge in [-0.05, 0) is 12.8 Å². The van der Waals surface area contributed by atoms with Gasteiger partial charge in [-0.2, -0.15) is 9.68 Å². The van der Waals surface area contributed by atoms with Crippen molar-refractivity contribution in [1.82, 2.24) is 0 Å². The van der Waals surface area contributed by atoms with Crippen molar-refractivity contribution in [2.24, 2.45) is 0 Å². The van der Waals surface area contributed by atoms with Gasteiger partial charge in [0.1, 0.15) is 0 Å². The van der Waals surface area contributed by atoms with Crippen LogP contribution in [0.2, 0.25) is 0 Å². The standard InChI is InChI=1S/C8H14O8/c1-3-5-11-7(9)14-16-15-8(10)13-12-6-4-2/h3-6H2,1-2H3. The maximum absolute atomic E-state index is 10.6. The van der Waals surface area contributed by atoms with Crippen molar-refractivity contribution in [1.29, 1.82) is 0 Å². The van der Waals surface area contributed by atoms with E-state index in [0.717, 1.165) is 0 Å². The Morgan fingerprint density at radius 1 is 0.875 bits per heavy atom. The van der Waals surface area contributed by atoms with Gasteiger partial charge >= 0.3 is 12.3 Å². The van der Waals surface area contributed by atoms with Gasteiger partial charge in [-0.15, -0.1) is 0 Å². The van der Waals surface area contributed by atoms with Crippen molar-refractivity contribution in [3.05, 3.63) is 0 Å². The minimum Gasteiger partial charge on any atom is -0.432 e. The zero-order valence-corrected chi connectivity index (χ0v) is 9.09. The molecule has 0 aliphatic carbocycles. The molecule has 0 amide bonds. The summed E-state index contributed by atoms with van der Waals surface area (Å²) >= 11 is 0. The molecule has 8 heteroatoms. The predicted molar refractivity (Wildman–Crippen MR) is 47.6 cm³/mol. The van der Waals surface area contributed by atoms with E-state index in [4.69, 9.17) is 0 Å². The van der Waals surface area contributed by atoms with E-state index in [-0.39, 0.29) is 13.2 Å². The van der Waals surface area contributed by atoms with Crippen LogP contribution in [0.25, 0.3) is 0 Å². The van der Waals surface area contributed by atoms with Crippen molar-refractivity contribution in [2.45, 2.75) is 26.7 Å². The van der Waals surface area contributed by atoms with E-state index >= 15 is 0 Å². The first kappa shape index (κ1) is 14.5. The minimum atomic E-state index is -1.29. The summed E-state index contributed by atoms with van der Waals surface area (Å²) in [5.41, 5.74) is 0. The zero-order valence-electron chi connectivity index (χ0n) is 9.09. The lowest BCUT2D eigenvalue weighted by Crippen LogP contribution is -2.13. The fourth-order valence-electron chi connectivity index (χ4n) is 0.469. The van der Waals surface area contributed by atoms with Crippen LogP contribution >= 0.6 is 0 Å². The summed E-state index contributed by atoms with van der Waals surface area (Å²) in [6.07, 6.45) is -1.13. The summed E-state index contributed by atoms with van der Waals surface area (Å²) < 4.78 is 4.42. The Labute approximate surface area is 92.1 Å². The lowest BCUT2D eigenvalue weighted by Gasteiger charge is -2.02. The smallest absolute Gasteiger partial charge is 0.432 e. The number of hydrogen-bond donors (Lipinski definition) is 0. The van der Waals surface area contributed by atoms with Crippen molar-refractivity contribution in [3.63, 3.8) is 0 Å². The Kier molecular flexibility index (Phi) is 9.03. The highest BCUT2D eigenvalue weighted by Gasteiger charge is 2.11. The van der Waals surface area contributed by atoms with Gasteiger partial charge in [0.2, 0.25) is 0 Å². The van der Waals surface area contributed by atoms with E-state index in [1.807, 2.05) is 6.92 Å². The van der Waals surface area contributed by atoms with Crippen LogP contribution in [0.1, 0.15) is 26.7 Å². The van der Waals surface area contributed by atoms with E-state index in [1.165, 1.54) is 0 Å². The van der Waals surface area contributed by atoms with E-state index in [1.54, 1.807) is 6.92 Å². The Bertz CT molecular complexity index is 204. The molecule has 0 saturated carbocycles. The first-order valence-electron chi connectivity index (χ1n) is 4.72. The molecule has 0 rings (SSSR count). The lowest BCUT2D eigenvalue weighted by atomic mass is 10.5. The number of ether oxygens (including phenoxy) is 1. The molecule has 0 aromatic heterocycles. The predicted octanol–water partition coefficient (Wildman–Crippen LogP) is 1.89. The van der Waals surface area contributed by atoms with Crippen molar-refractivity contribution >= 4 is 12.3 Å². The van der Waals surface area contributed by atoms with Crippen molar-refractivity contribution in [2.75, 3.05) is 13.2 Å². The minimum absolute atomic E-state index is 0.173. The number of hydrogen-bond acceptors (Lipinski definition) is 8. The number of carbonyl (C=O) groups excluding carboxylic acids is 2. The topological polar surface area (TPSA) is 89.5 Å². The molecule has 0 spiro atoms. The Hall–Kier alpha value is -1.54. The molecule has 0 heterocycles. The maximum atomic E-state index is 10.6. The van der Waals surface area contributed by atoms with Crippen LogP contribution in [0.5, 0.6) is 0 Å². The van der Waals surface area contributed by atoms with E-state index in [9.17, 15) is 9.59 Å². The van der Waals surface area contributed by atoms with Gasteiger partial charge < -0.3 is 4.74 Å². The van der Waals surface area contributed by atoms with E-state index in [0.29, 0.717) is 12.8 Å². The largest absolute Gasteiger partial charge is 0.575 e. The summed E-state index contributed by atoms with van der Waals surface area (Å²) in [5.74, 6) is 0. The molecule has 0 aliphatic heterocycles. The molecule has 0 unspecified atom stereocenters. The first-order valence-corrected chi connectivity index (χ1v) is 4.72.